The highest BCUT2D eigenvalue weighted by Gasteiger charge is 2.31. The zero-order chi connectivity index (χ0) is 21.8. The number of carbonyl (C=O) groups excluding carboxylic acids is 3. The van der Waals surface area contributed by atoms with E-state index in [-0.39, 0.29) is 18.8 Å². The number of amides is 2. The third kappa shape index (κ3) is 4.88. The van der Waals surface area contributed by atoms with Crippen molar-refractivity contribution in [1.82, 2.24) is 4.90 Å². The minimum absolute atomic E-state index is 0.204. The molecule has 1 N–H and O–H groups in total. The second-order valence-electron chi connectivity index (χ2n) is 6.41. The van der Waals surface area contributed by atoms with Crippen molar-refractivity contribution >= 4 is 57.5 Å². The average molecular weight is 471 g/mol. The molecule has 3 rings (SSSR count). The number of anilines is 1. The number of rotatable bonds is 5. The highest BCUT2D eigenvalue weighted by molar-refractivity contribution is 7.17. The Hall–Kier alpha value is -2.29. The first kappa shape index (κ1) is 22.4. The molecule has 0 radical (unpaired) electrons. The Bertz CT molecular complexity index is 972. The van der Waals surface area contributed by atoms with E-state index in [1.165, 1.54) is 29.5 Å². The fourth-order valence-electron chi connectivity index (χ4n) is 3.14. The molecule has 0 saturated heterocycles. The number of nitrogens with one attached hydrogen (secondary N) is 1. The molecule has 0 atom stereocenters. The van der Waals surface area contributed by atoms with Crippen LogP contribution in [0.4, 0.5) is 9.80 Å². The number of esters is 1. The van der Waals surface area contributed by atoms with Crippen LogP contribution in [-0.4, -0.2) is 42.6 Å². The Morgan fingerprint density at radius 2 is 1.77 bits per heavy atom. The Balaban J connectivity index is 1.93. The summed E-state index contributed by atoms with van der Waals surface area (Å²) in [6.45, 7) is 4.65. The molecule has 30 heavy (non-hydrogen) atoms. The number of hydrogen-bond donors (Lipinski definition) is 1. The van der Waals surface area contributed by atoms with Crippen LogP contribution in [0.15, 0.2) is 18.2 Å². The predicted molar refractivity (Wildman–Crippen MR) is 116 cm³/mol. The Labute approximate surface area is 187 Å². The normalized spacial score (nSPS) is 12.9. The van der Waals surface area contributed by atoms with E-state index in [1.54, 1.807) is 18.7 Å². The van der Waals surface area contributed by atoms with Crippen molar-refractivity contribution in [3.05, 3.63) is 49.8 Å². The second-order valence-corrected chi connectivity index (χ2v) is 8.39. The van der Waals surface area contributed by atoms with Crippen molar-refractivity contribution in [2.24, 2.45) is 0 Å². The van der Waals surface area contributed by atoms with Gasteiger partial charge < -0.3 is 19.7 Å². The highest BCUT2D eigenvalue weighted by atomic mass is 35.5. The minimum Gasteiger partial charge on any atom is -0.462 e. The Morgan fingerprint density at radius 3 is 2.40 bits per heavy atom. The van der Waals surface area contributed by atoms with Crippen molar-refractivity contribution in [2.45, 2.75) is 26.8 Å². The number of carbonyl (C=O) groups is 3. The number of halogens is 2. The molecule has 0 spiro atoms. The van der Waals surface area contributed by atoms with Gasteiger partial charge in [0.25, 0.3) is 5.91 Å². The van der Waals surface area contributed by atoms with Gasteiger partial charge in [-0.15, -0.1) is 11.3 Å². The van der Waals surface area contributed by atoms with Crippen LogP contribution in [0.5, 0.6) is 0 Å². The third-order valence-corrected chi connectivity index (χ3v) is 5.98. The molecule has 7 nitrogen and oxygen atoms in total. The van der Waals surface area contributed by atoms with Gasteiger partial charge in [0, 0.05) is 27.0 Å². The number of hydrogen-bond acceptors (Lipinski definition) is 6. The molecule has 0 aliphatic carbocycles. The van der Waals surface area contributed by atoms with Crippen LogP contribution in [0.3, 0.4) is 0 Å². The summed E-state index contributed by atoms with van der Waals surface area (Å²) in [5.41, 5.74) is 1.36. The smallest absolute Gasteiger partial charge is 0.410 e. The van der Waals surface area contributed by atoms with Crippen LogP contribution in [0.25, 0.3) is 0 Å². The molecule has 160 valence electrons. The van der Waals surface area contributed by atoms with Crippen LogP contribution < -0.4 is 5.32 Å². The molecule has 1 aromatic heterocycles. The van der Waals surface area contributed by atoms with Crippen LogP contribution in [0, 0.1) is 0 Å². The van der Waals surface area contributed by atoms with Crippen molar-refractivity contribution in [3.8, 4) is 0 Å². The molecule has 0 unspecified atom stereocenters. The average Bonchev–Trinajstić information content (AvgIpc) is 3.04. The van der Waals surface area contributed by atoms with Gasteiger partial charge in [0.2, 0.25) is 0 Å². The quantitative estimate of drug-likeness (QED) is 0.621. The lowest BCUT2D eigenvalue weighted by Crippen LogP contribution is -2.36. The monoisotopic (exact) mass is 470 g/mol. The van der Waals surface area contributed by atoms with E-state index in [4.69, 9.17) is 32.7 Å². The van der Waals surface area contributed by atoms with E-state index in [0.29, 0.717) is 40.1 Å². The Morgan fingerprint density at radius 1 is 1.10 bits per heavy atom. The first-order valence-corrected chi connectivity index (χ1v) is 10.9. The van der Waals surface area contributed by atoms with Gasteiger partial charge in [0.1, 0.15) is 5.00 Å². The van der Waals surface area contributed by atoms with Crippen molar-refractivity contribution in [1.29, 1.82) is 0 Å². The minimum atomic E-state index is -0.515. The summed E-state index contributed by atoms with van der Waals surface area (Å²) < 4.78 is 10.3. The first-order valence-electron chi connectivity index (χ1n) is 9.34. The highest BCUT2D eigenvalue weighted by Crippen LogP contribution is 2.38. The molecule has 0 bridgehead atoms. The Kier molecular flexibility index (Phi) is 7.23. The van der Waals surface area contributed by atoms with Gasteiger partial charge in [0.15, 0.2) is 0 Å². The summed E-state index contributed by atoms with van der Waals surface area (Å²) in [6.07, 6.45) is 0.0471. The first-order chi connectivity index (χ1) is 14.3. The van der Waals surface area contributed by atoms with E-state index in [1.807, 2.05) is 0 Å². The molecule has 2 heterocycles. The molecule has 1 aliphatic heterocycles. The maximum absolute atomic E-state index is 12.8. The number of benzene rings is 1. The zero-order valence-electron chi connectivity index (χ0n) is 16.4. The summed E-state index contributed by atoms with van der Waals surface area (Å²) in [5, 5.41) is 3.79. The van der Waals surface area contributed by atoms with Crippen LogP contribution >= 0.6 is 34.5 Å². The van der Waals surface area contributed by atoms with Gasteiger partial charge in [-0.3, -0.25) is 4.79 Å². The SMILES string of the molecule is CCOC(=O)c1c(NC(=O)c2cc(Cl)cc(Cl)c2)sc2c1CCN(C(=O)OCC)C2. The van der Waals surface area contributed by atoms with E-state index >= 15 is 0 Å². The van der Waals surface area contributed by atoms with Crippen LogP contribution in [0.2, 0.25) is 10.0 Å². The molecule has 2 amide bonds. The molecule has 1 aromatic carbocycles. The van der Waals surface area contributed by atoms with Crippen molar-refractivity contribution < 1.29 is 23.9 Å². The maximum Gasteiger partial charge on any atom is 0.410 e. The molecule has 10 heteroatoms. The lowest BCUT2D eigenvalue weighted by atomic mass is 10.0. The number of ether oxygens (including phenoxy) is 2. The topological polar surface area (TPSA) is 84.9 Å². The summed E-state index contributed by atoms with van der Waals surface area (Å²) in [7, 11) is 0. The van der Waals surface area contributed by atoms with E-state index in [9.17, 15) is 14.4 Å². The fraction of sp³-hybridized carbons (Fsp3) is 0.350. The van der Waals surface area contributed by atoms with Gasteiger partial charge in [-0.05, 0) is 44.0 Å². The maximum atomic E-state index is 12.8. The van der Waals surface area contributed by atoms with E-state index in [0.717, 1.165) is 10.4 Å². The van der Waals surface area contributed by atoms with Gasteiger partial charge in [0.05, 0.1) is 25.3 Å². The largest absolute Gasteiger partial charge is 0.462 e. The lowest BCUT2D eigenvalue weighted by molar-refractivity contribution is 0.0526. The fourth-order valence-corrected chi connectivity index (χ4v) is 4.91. The van der Waals surface area contributed by atoms with E-state index < -0.39 is 18.0 Å². The van der Waals surface area contributed by atoms with Crippen molar-refractivity contribution in [2.75, 3.05) is 25.1 Å². The van der Waals surface area contributed by atoms with Crippen LogP contribution in [0.1, 0.15) is 45.0 Å². The van der Waals surface area contributed by atoms with Crippen LogP contribution in [-0.2, 0) is 22.4 Å². The summed E-state index contributed by atoms with van der Waals surface area (Å²) >= 11 is 13.2. The molecule has 0 saturated carbocycles. The van der Waals surface area contributed by atoms with Gasteiger partial charge in [-0.2, -0.15) is 0 Å². The van der Waals surface area contributed by atoms with Gasteiger partial charge in [-0.25, -0.2) is 9.59 Å². The number of fused-ring (bicyclic) bond motifs is 1. The predicted octanol–water partition coefficient (Wildman–Crippen LogP) is 5.00. The molecule has 1 aliphatic rings. The van der Waals surface area contributed by atoms with E-state index in [2.05, 4.69) is 5.32 Å². The standard InChI is InChI=1S/C20H20Cl2N2O5S/c1-3-28-19(26)16-14-5-6-24(20(27)29-4-2)10-15(14)30-18(16)23-17(25)11-7-12(21)9-13(22)8-11/h7-9H,3-6,10H2,1-2H3,(H,23,25). The third-order valence-electron chi connectivity index (χ3n) is 4.41. The summed E-state index contributed by atoms with van der Waals surface area (Å²) in [6, 6.07) is 4.50. The van der Waals surface area contributed by atoms with Gasteiger partial charge >= 0.3 is 12.1 Å². The molecule has 0 fully saturated rings. The molecule has 2 aromatic rings. The molecular formula is C20H20Cl2N2O5S. The summed E-state index contributed by atoms with van der Waals surface area (Å²) in [4.78, 5) is 39.8. The molecular weight excluding hydrogens is 451 g/mol. The zero-order valence-corrected chi connectivity index (χ0v) is 18.7. The number of nitrogens with zero attached hydrogens (tertiary/aromatic N) is 1. The van der Waals surface area contributed by atoms with Gasteiger partial charge in [-0.1, -0.05) is 23.2 Å². The number of thiophene rings is 1. The summed E-state index contributed by atoms with van der Waals surface area (Å²) in [5.74, 6) is -0.968. The van der Waals surface area contributed by atoms with Crippen molar-refractivity contribution in [3.63, 3.8) is 0 Å². The lowest BCUT2D eigenvalue weighted by Gasteiger charge is -2.26. The second kappa shape index (κ2) is 9.68.